The lowest BCUT2D eigenvalue weighted by atomic mass is 9.98. The van der Waals surface area contributed by atoms with Crippen molar-refractivity contribution in [3.63, 3.8) is 0 Å². The van der Waals surface area contributed by atoms with Crippen LogP contribution in [0.4, 0.5) is 24.5 Å². The molecule has 2 amide bonds. The second-order valence-electron chi connectivity index (χ2n) is 9.45. The third-order valence-corrected chi connectivity index (χ3v) is 6.62. The molecule has 2 aliphatic heterocycles. The van der Waals surface area contributed by atoms with Crippen molar-refractivity contribution in [2.45, 2.75) is 25.3 Å². The van der Waals surface area contributed by atoms with E-state index >= 15 is 0 Å². The van der Waals surface area contributed by atoms with E-state index in [9.17, 15) is 22.8 Å². The number of nitrogens with zero attached hydrogens (tertiary/aromatic N) is 4. The molecule has 204 valence electrons. The molecular weight excluding hydrogens is 515 g/mol. The largest absolute Gasteiger partial charge is 0.573 e. The maximum Gasteiger partial charge on any atom is 0.573 e. The Hall–Kier alpha value is -4.35. The van der Waals surface area contributed by atoms with Gasteiger partial charge in [-0.1, -0.05) is 12.1 Å². The summed E-state index contributed by atoms with van der Waals surface area (Å²) in [5.74, 6) is 0.0232. The van der Waals surface area contributed by atoms with Crippen LogP contribution in [0.25, 0.3) is 0 Å². The number of rotatable bonds is 8. The average molecular weight is 542 g/mol. The highest BCUT2D eigenvalue weighted by molar-refractivity contribution is 5.94. The number of halogens is 3. The molecule has 1 unspecified atom stereocenters. The molecule has 0 aliphatic carbocycles. The minimum atomic E-state index is -4.76. The zero-order valence-electron chi connectivity index (χ0n) is 20.8. The van der Waals surface area contributed by atoms with E-state index in [1.54, 1.807) is 41.6 Å². The van der Waals surface area contributed by atoms with Gasteiger partial charge in [-0.15, -0.1) is 13.2 Å². The van der Waals surface area contributed by atoms with Crippen molar-refractivity contribution in [3.8, 4) is 11.5 Å². The van der Waals surface area contributed by atoms with Gasteiger partial charge < -0.3 is 24.6 Å². The number of amides is 2. The molecule has 0 radical (unpaired) electrons. The third kappa shape index (κ3) is 6.95. The molecule has 3 heterocycles. The SMILES string of the molecule is O=C(Nc1ccc(OC2CCN(C(=O)Cc3ccc(OC(F)(F)F)cc3)C2)cc1)C1CN(c2ccnnc2)C1. The molecule has 1 aromatic heterocycles. The van der Waals surface area contributed by atoms with Crippen LogP contribution in [0.5, 0.6) is 11.5 Å². The van der Waals surface area contributed by atoms with Crippen molar-refractivity contribution in [1.82, 2.24) is 15.1 Å². The molecule has 0 saturated carbocycles. The quantitative estimate of drug-likeness (QED) is 0.465. The number of likely N-dealkylation sites (tertiary alicyclic amines) is 1. The molecule has 5 rings (SSSR count). The lowest BCUT2D eigenvalue weighted by molar-refractivity contribution is -0.274. The summed E-state index contributed by atoms with van der Waals surface area (Å²) in [6.07, 6.45) is -0.907. The van der Waals surface area contributed by atoms with Crippen LogP contribution in [0.1, 0.15) is 12.0 Å². The molecule has 2 fully saturated rings. The molecular formula is C27H26F3N5O4. The fourth-order valence-electron chi connectivity index (χ4n) is 4.53. The van der Waals surface area contributed by atoms with Crippen molar-refractivity contribution < 1.29 is 32.2 Å². The van der Waals surface area contributed by atoms with Gasteiger partial charge in [0.05, 0.1) is 37.0 Å². The Morgan fingerprint density at radius 1 is 0.949 bits per heavy atom. The van der Waals surface area contributed by atoms with E-state index in [0.717, 1.165) is 5.69 Å². The topological polar surface area (TPSA) is 96.9 Å². The number of carbonyl (C=O) groups excluding carboxylic acids is 2. The van der Waals surface area contributed by atoms with Crippen LogP contribution < -0.4 is 19.7 Å². The molecule has 0 spiro atoms. The first-order valence-electron chi connectivity index (χ1n) is 12.4. The van der Waals surface area contributed by atoms with Crippen molar-refractivity contribution in [3.05, 3.63) is 72.6 Å². The molecule has 2 aliphatic rings. The van der Waals surface area contributed by atoms with Crippen molar-refractivity contribution in [1.29, 1.82) is 0 Å². The zero-order valence-corrected chi connectivity index (χ0v) is 20.8. The maximum atomic E-state index is 12.7. The van der Waals surface area contributed by atoms with Gasteiger partial charge in [0.25, 0.3) is 0 Å². The second-order valence-corrected chi connectivity index (χ2v) is 9.45. The summed E-state index contributed by atoms with van der Waals surface area (Å²) in [4.78, 5) is 29.0. The van der Waals surface area contributed by atoms with Gasteiger partial charge in [-0.2, -0.15) is 10.2 Å². The molecule has 3 aromatic rings. The van der Waals surface area contributed by atoms with Gasteiger partial charge in [0.1, 0.15) is 17.6 Å². The number of hydrogen-bond acceptors (Lipinski definition) is 7. The summed E-state index contributed by atoms with van der Waals surface area (Å²) in [5.41, 5.74) is 2.21. The highest BCUT2D eigenvalue weighted by atomic mass is 19.4. The normalized spacial score (nSPS) is 17.5. The van der Waals surface area contributed by atoms with Gasteiger partial charge in [-0.05, 0) is 48.0 Å². The van der Waals surface area contributed by atoms with E-state index in [2.05, 4.69) is 25.2 Å². The van der Waals surface area contributed by atoms with Gasteiger partial charge >= 0.3 is 6.36 Å². The predicted octanol–water partition coefficient (Wildman–Crippen LogP) is 3.67. The summed E-state index contributed by atoms with van der Waals surface area (Å²) in [6, 6.07) is 14.3. The lowest BCUT2D eigenvalue weighted by Gasteiger charge is -2.39. The van der Waals surface area contributed by atoms with E-state index in [1.807, 2.05) is 6.07 Å². The van der Waals surface area contributed by atoms with Crippen molar-refractivity contribution in [2.24, 2.45) is 5.92 Å². The van der Waals surface area contributed by atoms with Gasteiger partial charge in [-0.3, -0.25) is 9.59 Å². The van der Waals surface area contributed by atoms with Gasteiger partial charge in [0, 0.05) is 31.7 Å². The Labute approximate surface area is 222 Å². The summed E-state index contributed by atoms with van der Waals surface area (Å²) >= 11 is 0. The first-order chi connectivity index (χ1) is 18.7. The monoisotopic (exact) mass is 541 g/mol. The number of nitrogens with one attached hydrogen (secondary N) is 1. The van der Waals surface area contributed by atoms with Gasteiger partial charge in [-0.25, -0.2) is 0 Å². The van der Waals surface area contributed by atoms with Crippen LogP contribution in [0.2, 0.25) is 0 Å². The number of alkyl halides is 3. The Morgan fingerprint density at radius 2 is 1.67 bits per heavy atom. The molecule has 2 aromatic carbocycles. The number of benzene rings is 2. The van der Waals surface area contributed by atoms with Crippen LogP contribution in [0.3, 0.4) is 0 Å². The molecule has 39 heavy (non-hydrogen) atoms. The summed E-state index contributed by atoms with van der Waals surface area (Å²) < 4.78 is 46.8. The standard InChI is InChI=1S/C27H26F3N5O4/c28-27(29,30)39-23-5-1-18(2-6-23)13-25(36)34-12-10-24(17-34)38-22-7-3-20(4-8-22)33-26(37)19-15-35(16-19)21-9-11-31-32-14-21/h1-9,11,14,19,24H,10,12-13,15-17H2,(H,33,37). The van der Waals surface area contributed by atoms with Gasteiger partial charge in [0.2, 0.25) is 11.8 Å². The number of ether oxygens (including phenoxy) is 2. The van der Waals surface area contributed by atoms with Crippen LogP contribution in [0.15, 0.2) is 67.0 Å². The highest BCUT2D eigenvalue weighted by Gasteiger charge is 2.33. The zero-order chi connectivity index (χ0) is 27.4. The summed E-state index contributed by atoms with van der Waals surface area (Å²) in [5, 5.41) is 10.5. The Kier molecular flexibility index (Phi) is 7.53. The number of carbonyl (C=O) groups is 2. The molecule has 12 heteroatoms. The lowest BCUT2D eigenvalue weighted by Crippen LogP contribution is -2.52. The van der Waals surface area contributed by atoms with Crippen molar-refractivity contribution in [2.75, 3.05) is 36.4 Å². The highest BCUT2D eigenvalue weighted by Crippen LogP contribution is 2.26. The van der Waals surface area contributed by atoms with E-state index in [0.29, 0.717) is 49.6 Å². The van der Waals surface area contributed by atoms with Gasteiger partial charge in [0.15, 0.2) is 0 Å². The molecule has 9 nitrogen and oxygen atoms in total. The Morgan fingerprint density at radius 3 is 2.33 bits per heavy atom. The van der Waals surface area contributed by atoms with Crippen molar-refractivity contribution >= 4 is 23.2 Å². The van der Waals surface area contributed by atoms with E-state index < -0.39 is 6.36 Å². The molecule has 0 bridgehead atoms. The van der Waals surface area contributed by atoms with Crippen LogP contribution in [0, 0.1) is 5.92 Å². The Balaban J connectivity index is 1.05. The Bertz CT molecular complexity index is 1280. The smallest absolute Gasteiger partial charge is 0.489 e. The number of anilines is 2. The second kappa shape index (κ2) is 11.2. The third-order valence-electron chi connectivity index (χ3n) is 6.62. The maximum absolute atomic E-state index is 12.7. The van der Waals surface area contributed by atoms with Crippen LogP contribution in [-0.2, 0) is 16.0 Å². The van der Waals surface area contributed by atoms with E-state index in [1.165, 1.54) is 24.3 Å². The first-order valence-corrected chi connectivity index (χ1v) is 12.4. The predicted molar refractivity (Wildman–Crippen MR) is 135 cm³/mol. The summed E-state index contributed by atoms with van der Waals surface area (Å²) in [7, 11) is 0. The molecule has 2 saturated heterocycles. The summed E-state index contributed by atoms with van der Waals surface area (Å²) in [6.45, 7) is 2.18. The average Bonchev–Trinajstić information content (AvgIpc) is 3.34. The van der Waals surface area contributed by atoms with Crippen LogP contribution in [-0.4, -0.2) is 65.6 Å². The number of hydrogen-bond donors (Lipinski definition) is 1. The number of aromatic nitrogens is 2. The fourth-order valence-corrected chi connectivity index (χ4v) is 4.53. The molecule has 1 N–H and O–H groups in total. The first kappa shape index (κ1) is 26.3. The van der Waals surface area contributed by atoms with E-state index in [4.69, 9.17) is 4.74 Å². The fraction of sp³-hybridized carbons (Fsp3) is 0.333. The molecule has 1 atom stereocenters. The minimum absolute atomic E-state index is 0.0469. The van der Waals surface area contributed by atoms with Crippen LogP contribution >= 0.6 is 0 Å². The minimum Gasteiger partial charge on any atom is -0.489 e. The van der Waals surface area contributed by atoms with E-state index in [-0.39, 0.29) is 36.0 Å².